The average molecular weight is 308 g/mol. The first kappa shape index (κ1) is 15.8. The van der Waals surface area contributed by atoms with Gasteiger partial charge in [-0.25, -0.2) is 4.39 Å². The molecule has 2 aromatic rings. The number of benzene rings is 2. The molecule has 0 fully saturated rings. The van der Waals surface area contributed by atoms with Crippen molar-refractivity contribution in [2.24, 2.45) is 11.7 Å². The van der Waals surface area contributed by atoms with Crippen molar-refractivity contribution in [2.75, 3.05) is 13.7 Å². The largest absolute Gasteiger partial charge is 0.497 e. The van der Waals surface area contributed by atoms with Gasteiger partial charge in [0.2, 0.25) is 0 Å². The molecule has 0 bridgehead atoms. The Morgan fingerprint density at radius 3 is 2.43 bits per heavy atom. The predicted octanol–water partition coefficient (Wildman–Crippen LogP) is 3.85. The van der Waals surface area contributed by atoms with Crippen molar-refractivity contribution < 1.29 is 9.13 Å². The first-order valence-electron chi connectivity index (χ1n) is 6.90. The highest BCUT2D eigenvalue weighted by Gasteiger charge is 2.14. The molecule has 0 saturated heterocycles. The minimum atomic E-state index is -0.268. The van der Waals surface area contributed by atoms with E-state index in [1.165, 1.54) is 6.07 Å². The predicted molar refractivity (Wildman–Crippen MR) is 84.4 cm³/mol. The third-order valence-electron chi connectivity index (χ3n) is 3.57. The van der Waals surface area contributed by atoms with Crippen LogP contribution in [0.1, 0.15) is 11.1 Å². The van der Waals surface area contributed by atoms with Gasteiger partial charge in [0.15, 0.2) is 0 Å². The molecule has 2 nitrogen and oxygen atoms in total. The lowest BCUT2D eigenvalue weighted by Gasteiger charge is -2.16. The van der Waals surface area contributed by atoms with E-state index in [0.717, 1.165) is 17.7 Å². The fraction of sp³-hybridized carbons (Fsp3) is 0.294. The lowest BCUT2D eigenvalue weighted by Crippen LogP contribution is -2.20. The summed E-state index contributed by atoms with van der Waals surface area (Å²) < 4.78 is 19.0. The van der Waals surface area contributed by atoms with Gasteiger partial charge in [0.25, 0.3) is 0 Å². The Labute approximate surface area is 129 Å². The molecule has 0 saturated carbocycles. The van der Waals surface area contributed by atoms with Crippen molar-refractivity contribution in [3.63, 3.8) is 0 Å². The lowest BCUT2D eigenvalue weighted by atomic mass is 9.92. The number of halogens is 2. The minimum absolute atomic E-state index is 0.146. The third-order valence-corrected chi connectivity index (χ3v) is 3.93. The first-order valence-corrected chi connectivity index (χ1v) is 7.27. The fourth-order valence-corrected chi connectivity index (χ4v) is 2.59. The Kier molecular flexibility index (Phi) is 5.59. The minimum Gasteiger partial charge on any atom is -0.497 e. The molecule has 0 aliphatic rings. The molecule has 21 heavy (non-hydrogen) atoms. The van der Waals surface area contributed by atoms with Crippen LogP contribution in [0.15, 0.2) is 42.5 Å². The number of methoxy groups -OCH3 is 1. The van der Waals surface area contributed by atoms with Crippen molar-refractivity contribution in [1.82, 2.24) is 0 Å². The van der Waals surface area contributed by atoms with Gasteiger partial charge in [-0.2, -0.15) is 0 Å². The van der Waals surface area contributed by atoms with Gasteiger partial charge in [0, 0.05) is 10.6 Å². The number of rotatable bonds is 6. The second-order valence-electron chi connectivity index (χ2n) is 5.06. The third kappa shape index (κ3) is 4.19. The molecule has 1 unspecified atom stereocenters. The van der Waals surface area contributed by atoms with E-state index in [4.69, 9.17) is 22.1 Å². The topological polar surface area (TPSA) is 35.2 Å². The van der Waals surface area contributed by atoms with Crippen LogP contribution in [0.25, 0.3) is 0 Å². The van der Waals surface area contributed by atoms with Crippen LogP contribution in [0, 0.1) is 11.7 Å². The van der Waals surface area contributed by atoms with Crippen molar-refractivity contribution in [1.29, 1.82) is 0 Å². The number of ether oxygens (including phenoxy) is 1. The zero-order valence-electron chi connectivity index (χ0n) is 12.0. The summed E-state index contributed by atoms with van der Waals surface area (Å²) in [5.41, 5.74) is 7.53. The molecule has 4 heteroatoms. The molecule has 0 aliphatic carbocycles. The molecule has 2 rings (SSSR count). The molecule has 0 heterocycles. The second kappa shape index (κ2) is 7.43. The molecule has 0 aromatic heterocycles. The van der Waals surface area contributed by atoms with Crippen molar-refractivity contribution >= 4 is 11.6 Å². The summed E-state index contributed by atoms with van der Waals surface area (Å²) in [6.45, 7) is 0.483. The smallest absolute Gasteiger partial charge is 0.127 e. The fourth-order valence-electron chi connectivity index (χ4n) is 2.35. The quantitative estimate of drug-likeness (QED) is 0.880. The molecular formula is C17H19ClFNO. The first-order chi connectivity index (χ1) is 10.1. The Hall–Kier alpha value is -1.58. The van der Waals surface area contributed by atoms with E-state index < -0.39 is 0 Å². The number of nitrogens with two attached hydrogens (primary N) is 1. The molecule has 1 atom stereocenters. The van der Waals surface area contributed by atoms with Crippen LogP contribution in [0.2, 0.25) is 5.02 Å². The van der Waals surface area contributed by atoms with Gasteiger partial charge in [-0.1, -0.05) is 29.8 Å². The molecule has 0 amide bonds. The van der Waals surface area contributed by atoms with Crippen LogP contribution in [0.5, 0.6) is 5.75 Å². The standard InChI is InChI=1S/C17H19ClFNO/c1-21-14-7-5-12(6-8-14)9-13(11-20)10-15-16(18)3-2-4-17(15)19/h2-8,13H,9-11,20H2,1H3. The zero-order chi connectivity index (χ0) is 15.2. The van der Waals surface area contributed by atoms with Crippen molar-refractivity contribution in [2.45, 2.75) is 12.8 Å². The Bertz CT molecular complexity index is 566. The Morgan fingerprint density at radius 1 is 1.14 bits per heavy atom. The van der Waals surface area contributed by atoms with E-state index in [-0.39, 0.29) is 11.7 Å². The van der Waals surface area contributed by atoms with Gasteiger partial charge in [-0.15, -0.1) is 0 Å². The molecule has 0 spiro atoms. The van der Waals surface area contributed by atoms with E-state index in [2.05, 4.69) is 0 Å². The monoisotopic (exact) mass is 307 g/mol. The van der Waals surface area contributed by atoms with E-state index in [0.29, 0.717) is 23.6 Å². The van der Waals surface area contributed by atoms with Gasteiger partial charge in [-0.3, -0.25) is 0 Å². The van der Waals surface area contributed by atoms with Crippen molar-refractivity contribution in [3.05, 3.63) is 64.4 Å². The van der Waals surface area contributed by atoms with Crippen LogP contribution < -0.4 is 10.5 Å². The summed E-state index contributed by atoms with van der Waals surface area (Å²) >= 11 is 6.08. The molecule has 2 aromatic carbocycles. The van der Waals surface area contributed by atoms with Gasteiger partial charge < -0.3 is 10.5 Å². The highest BCUT2D eigenvalue weighted by Crippen LogP contribution is 2.24. The SMILES string of the molecule is COc1ccc(CC(CN)Cc2c(F)cccc2Cl)cc1. The van der Waals surface area contributed by atoms with Crippen LogP contribution in [-0.4, -0.2) is 13.7 Å². The molecule has 0 radical (unpaired) electrons. The van der Waals surface area contributed by atoms with Crippen molar-refractivity contribution in [3.8, 4) is 5.75 Å². The highest BCUT2D eigenvalue weighted by atomic mass is 35.5. The molecular weight excluding hydrogens is 289 g/mol. The second-order valence-corrected chi connectivity index (χ2v) is 5.47. The number of hydrogen-bond donors (Lipinski definition) is 1. The van der Waals surface area contributed by atoms with E-state index >= 15 is 0 Å². The lowest BCUT2D eigenvalue weighted by molar-refractivity contribution is 0.414. The van der Waals surface area contributed by atoms with Crippen LogP contribution in [-0.2, 0) is 12.8 Å². The zero-order valence-corrected chi connectivity index (χ0v) is 12.7. The Balaban J connectivity index is 2.09. The maximum atomic E-state index is 13.8. The number of hydrogen-bond acceptors (Lipinski definition) is 2. The van der Waals surface area contributed by atoms with Gasteiger partial charge >= 0.3 is 0 Å². The summed E-state index contributed by atoms with van der Waals surface area (Å²) in [6, 6.07) is 12.6. The summed E-state index contributed by atoms with van der Waals surface area (Å²) in [7, 11) is 1.64. The van der Waals surface area contributed by atoms with Crippen LogP contribution in [0.4, 0.5) is 4.39 Å². The summed E-state index contributed by atoms with van der Waals surface area (Å²) in [4.78, 5) is 0. The maximum absolute atomic E-state index is 13.8. The van der Waals surface area contributed by atoms with Gasteiger partial charge in [0.1, 0.15) is 11.6 Å². The van der Waals surface area contributed by atoms with E-state index in [1.54, 1.807) is 19.2 Å². The average Bonchev–Trinajstić information content (AvgIpc) is 2.50. The van der Waals surface area contributed by atoms with Gasteiger partial charge in [0.05, 0.1) is 7.11 Å². The summed E-state index contributed by atoms with van der Waals surface area (Å²) in [6.07, 6.45) is 1.32. The van der Waals surface area contributed by atoms with E-state index in [9.17, 15) is 4.39 Å². The highest BCUT2D eigenvalue weighted by molar-refractivity contribution is 6.31. The van der Waals surface area contributed by atoms with Crippen LogP contribution >= 0.6 is 11.6 Å². The maximum Gasteiger partial charge on any atom is 0.127 e. The summed E-state index contributed by atoms with van der Waals surface area (Å²) in [5, 5.41) is 0.461. The van der Waals surface area contributed by atoms with Crippen LogP contribution in [0.3, 0.4) is 0 Å². The molecule has 112 valence electrons. The molecule has 0 aliphatic heterocycles. The van der Waals surface area contributed by atoms with Gasteiger partial charge in [-0.05, 0) is 55.1 Å². The summed E-state index contributed by atoms with van der Waals surface area (Å²) in [5.74, 6) is 0.698. The molecule has 2 N–H and O–H groups in total. The normalized spacial score (nSPS) is 12.2. The Morgan fingerprint density at radius 2 is 1.86 bits per heavy atom. The van der Waals surface area contributed by atoms with E-state index in [1.807, 2.05) is 24.3 Å².